The highest BCUT2D eigenvalue weighted by Crippen LogP contribution is 2.41. The molecule has 43 heavy (non-hydrogen) atoms. The Labute approximate surface area is 248 Å². The third kappa shape index (κ3) is 6.50. The second kappa shape index (κ2) is 12.4. The van der Waals surface area contributed by atoms with Crippen molar-refractivity contribution >= 4 is 28.9 Å². The van der Waals surface area contributed by atoms with E-state index in [1.165, 1.54) is 24.4 Å². The van der Waals surface area contributed by atoms with Gasteiger partial charge in [-0.2, -0.15) is 13.2 Å². The van der Waals surface area contributed by atoms with Crippen LogP contribution in [-0.4, -0.2) is 55.9 Å². The molecule has 2 aliphatic carbocycles. The van der Waals surface area contributed by atoms with Gasteiger partial charge in [0.2, 0.25) is 0 Å². The Hall–Kier alpha value is -3.26. The van der Waals surface area contributed by atoms with Crippen LogP contribution in [0.1, 0.15) is 55.6 Å². The van der Waals surface area contributed by atoms with Crippen molar-refractivity contribution in [2.45, 2.75) is 80.5 Å². The molecule has 0 saturated heterocycles. The Kier molecular flexibility index (Phi) is 8.98. The van der Waals surface area contributed by atoms with Crippen molar-refractivity contribution in [3.8, 4) is 0 Å². The van der Waals surface area contributed by atoms with Crippen molar-refractivity contribution in [2.24, 2.45) is 0 Å². The van der Waals surface area contributed by atoms with Gasteiger partial charge >= 0.3 is 6.18 Å². The van der Waals surface area contributed by atoms with E-state index in [9.17, 15) is 21.6 Å². The summed E-state index contributed by atoms with van der Waals surface area (Å²) in [6.07, 6.45) is 2.72. The number of anilines is 2. The molecule has 0 amide bonds. The molecule has 2 aromatic carbocycles. The van der Waals surface area contributed by atoms with Gasteiger partial charge in [-0.3, -0.25) is 4.90 Å². The minimum absolute atomic E-state index is 0.0268. The molecule has 1 heterocycles. The van der Waals surface area contributed by atoms with Crippen LogP contribution >= 0.6 is 0 Å². The molecule has 2 saturated carbocycles. The number of rotatable bonds is 9. The van der Waals surface area contributed by atoms with Crippen LogP contribution in [0.15, 0.2) is 59.9 Å². The summed E-state index contributed by atoms with van der Waals surface area (Å²) < 4.78 is 98.6. The van der Waals surface area contributed by atoms with Crippen LogP contribution in [0, 0.1) is 11.6 Å². The summed E-state index contributed by atoms with van der Waals surface area (Å²) in [5.74, 6) is -2.15. The predicted molar refractivity (Wildman–Crippen MR) is 156 cm³/mol. The van der Waals surface area contributed by atoms with Crippen LogP contribution in [0.3, 0.4) is 0 Å². The summed E-state index contributed by atoms with van der Waals surface area (Å²) in [7, 11) is -2.57. The molecule has 1 N–H and O–H groups in total. The van der Waals surface area contributed by atoms with E-state index in [-0.39, 0.29) is 36.9 Å². The fourth-order valence-corrected chi connectivity index (χ4v) is 7.63. The summed E-state index contributed by atoms with van der Waals surface area (Å²) in [4.78, 5) is 9.09. The Morgan fingerprint density at radius 3 is 2.42 bits per heavy atom. The van der Waals surface area contributed by atoms with Gasteiger partial charge in [-0.25, -0.2) is 27.2 Å². The number of alkyl halides is 3. The number of hydrogen-bond donors (Lipinski definition) is 1. The molecule has 1 aromatic heterocycles. The van der Waals surface area contributed by atoms with Crippen LogP contribution in [0.5, 0.6) is 0 Å². The van der Waals surface area contributed by atoms with E-state index in [4.69, 9.17) is 0 Å². The summed E-state index contributed by atoms with van der Waals surface area (Å²) in [6, 6.07) is 8.08. The van der Waals surface area contributed by atoms with Gasteiger partial charge in [0.05, 0.1) is 11.3 Å². The molecule has 3 aromatic rings. The number of hydrogen-bond acceptors (Lipinski definition) is 6. The maximum Gasteiger partial charge on any atom is 0.416 e. The highest BCUT2D eigenvalue weighted by molar-refractivity contribution is 7.94. The SMILES string of the molecule is CBN(c1ccncn1)S(=O)(=O)c1cc(F)c(N[C@H]2CC[C@H](c3cccc(C(F)(F)F)c3)C[C@@H]2N(C)C2CCC2)cc1F. The molecule has 0 spiro atoms. The first-order chi connectivity index (χ1) is 20.4. The Morgan fingerprint density at radius 1 is 1.02 bits per heavy atom. The number of aromatic nitrogens is 2. The smallest absolute Gasteiger partial charge is 0.378 e. The summed E-state index contributed by atoms with van der Waals surface area (Å²) in [6.45, 7) is 1.55. The Bertz CT molecular complexity index is 1540. The molecule has 2 fully saturated rings. The average molecular weight is 621 g/mol. The first-order valence-corrected chi connectivity index (χ1v) is 15.8. The Balaban J connectivity index is 1.40. The van der Waals surface area contributed by atoms with Crippen LogP contribution in [0.4, 0.5) is 33.5 Å². The van der Waals surface area contributed by atoms with Crippen molar-refractivity contribution in [1.29, 1.82) is 0 Å². The lowest BCUT2D eigenvalue weighted by molar-refractivity contribution is -0.137. The third-order valence-electron chi connectivity index (χ3n) is 8.72. The standard InChI is InChI=1S/C29H33BF5N5O2S/c1-30-40(28-11-12-36-17-37-28)43(41,42)27-16-22(31)25(15-23(27)32)38-24-10-9-19(14-26(24)39(2)21-7-4-8-21)18-5-3-6-20(13-18)29(33,34)35/h3,5-6,11-13,15-17,19,21,24,26,30,38H,4,7-10,14H2,1-2H3/t19-,24-,26-/m0/s1. The van der Waals surface area contributed by atoms with Gasteiger partial charge in [0.1, 0.15) is 28.7 Å². The van der Waals surface area contributed by atoms with Gasteiger partial charge < -0.3 is 9.53 Å². The number of likely N-dealkylation sites (N-methyl/N-ethyl adjacent to an activating group) is 1. The third-order valence-corrected chi connectivity index (χ3v) is 10.6. The van der Waals surface area contributed by atoms with E-state index in [0.717, 1.165) is 41.9 Å². The zero-order chi connectivity index (χ0) is 30.9. The maximum atomic E-state index is 15.5. The molecule has 2 aliphatic rings. The van der Waals surface area contributed by atoms with E-state index < -0.39 is 38.3 Å². The number of sulfonamides is 1. The van der Waals surface area contributed by atoms with Crippen molar-refractivity contribution in [3.63, 3.8) is 0 Å². The van der Waals surface area contributed by atoms with Gasteiger partial charge in [0.25, 0.3) is 17.4 Å². The summed E-state index contributed by atoms with van der Waals surface area (Å²) in [5, 5.41) is 3.12. The van der Waals surface area contributed by atoms with Crippen LogP contribution in [0.2, 0.25) is 6.82 Å². The predicted octanol–water partition coefficient (Wildman–Crippen LogP) is 5.97. The fourth-order valence-electron chi connectivity index (χ4n) is 6.14. The lowest BCUT2D eigenvalue weighted by atomic mass is 9.76. The molecule has 3 atom stereocenters. The minimum atomic E-state index is -4.48. The quantitative estimate of drug-likeness (QED) is 0.235. The lowest BCUT2D eigenvalue weighted by Gasteiger charge is -2.47. The van der Waals surface area contributed by atoms with E-state index >= 15 is 8.78 Å². The van der Waals surface area contributed by atoms with Crippen molar-refractivity contribution < 1.29 is 30.4 Å². The average Bonchev–Trinajstić information content (AvgIpc) is 2.94. The molecule has 0 unspecified atom stereocenters. The largest absolute Gasteiger partial charge is 0.416 e. The molecule has 230 valence electrons. The minimum Gasteiger partial charge on any atom is -0.378 e. The highest BCUT2D eigenvalue weighted by Gasteiger charge is 2.39. The molecule has 7 nitrogen and oxygen atoms in total. The van der Waals surface area contributed by atoms with Gasteiger partial charge in [-0.15, -0.1) is 0 Å². The molecule has 5 rings (SSSR count). The van der Waals surface area contributed by atoms with Crippen molar-refractivity contribution in [2.75, 3.05) is 16.6 Å². The fraction of sp³-hybridized carbons (Fsp3) is 0.448. The van der Waals surface area contributed by atoms with Crippen LogP contribution < -0.4 is 9.53 Å². The van der Waals surface area contributed by atoms with E-state index in [1.807, 2.05) is 7.05 Å². The van der Waals surface area contributed by atoms with E-state index in [1.54, 1.807) is 12.9 Å². The van der Waals surface area contributed by atoms with Crippen LogP contribution in [0.25, 0.3) is 0 Å². The Morgan fingerprint density at radius 2 is 1.79 bits per heavy atom. The monoisotopic (exact) mass is 621 g/mol. The summed E-state index contributed by atoms with van der Waals surface area (Å²) >= 11 is 0. The molecule has 0 radical (unpaired) electrons. The van der Waals surface area contributed by atoms with E-state index in [2.05, 4.69) is 20.2 Å². The van der Waals surface area contributed by atoms with Crippen LogP contribution in [-0.2, 0) is 16.2 Å². The second-order valence-electron chi connectivity index (χ2n) is 11.2. The zero-order valence-corrected chi connectivity index (χ0v) is 24.7. The second-order valence-corrected chi connectivity index (χ2v) is 13.0. The lowest BCUT2D eigenvalue weighted by Crippen LogP contribution is -2.53. The van der Waals surface area contributed by atoms with E-state index in [0.29, 0.717) is 36.9 Å². The normalized spacial score (nSPS) is 21.3. The van der Waals surface area contributed by atoms with Gasteiger partial charge in [-0.05, 0) is 68.8 Å². The highest BCUT2D eigenvalue weighted by atomic mass is 32.2. The van der Waals surface area contributed by atoms with Gasteiger partial charge in [0, 0.05) is 30.4 Å². The first kappa shape index (κ1) is 31.2. The zero-order valence-electron chi connectivity index (χ0n) is 23.9. The number of halogens is 5. The van der Waals surface area contributed by atoms with Gasteiger partial charge in [0.15, 0.2) is 0 Å². The molecule has 0 bridgehead atoms. The summed E-state index contributed by atoms with van der Waals surface area (Å²) in [5.41, 5.74) is -0.254. The first-order valence-electron chi connectivity index (χ1n) is 14.3. The molecule has 14 heteroatoms. The number of nitrogens with zero attached hydrogens (tertiary/aromatic N) is 4. The van der Waals surface area contributed by atoms with Crippen molar-refractivity contribution in [1.82, 2.24) is 14.9 Å². The molecule has 0 aliphatic heterocycles. The van der Waals surface area contributed by atoms with Crippen molar-refractivity contribution in [3.05, 3.63) is 77.8 Å². The molecular weight excluding hydrogens is 588 g/mol. The van der Waals surface area contributed by atoms with Gasteiger partial charge in [-0.1, -0.05) is 31.4 Å². The topological polar surface area (TPSA) is 78.4 Å². The number of benzene rings is 2. The maximum absolute atomic E-state index is 15.5. The number of nitrogens with one attached hydrogen (secondary N) is 1. The molecular formula is C29H33BF5N5O2S.